The molecule has 1 amide bonds. The first-order chi connectivity index (χ1) is 9.48. The minimum atomic E-state index is -1.28. The van der Waals surface area contributed by atoms with Gasteiger partial charge in [0.1, 0.15) is 11.4 Å². The van der Waals surface area contributed by atoms with Crippen LogP contribution in [-0.4, -0.2) is 41.5 Å². The Morgan fingerprint density at radius 3 is 2.75 bits per heavy atom. The van der Waals surface area contributed by atoms with E-state index in [0.717, 1.165) is 11.3 Å². The molecule has 0 radical (unpaired) electrons. The highest BCUT2D eigenvalue weighted by Crippen LogP contribution is 2.19. The van der Waals surface area contributed by atoms with Gasteiger partial charge in [-0.25, -0.2) is 0 Å². The predicted octanol–water partition coefficient (Wildman–Crippen LogP) is 0.877. The molecule has 0 aliphatic carbocycles. The van der Waals surface area contributed by atoms with Gasteiger partial charge in [0.15, 0.2) is 0 Å². The van der Waals surface area contributed by atoms with Crippen molar-refractivity contribution in [3.63, 3.8) is 0 Å². The normalized spacial score (nSPS) is 13.6. The quantitative estimate of drug-likeness (QED) is 0.661. The standard InChI is InChI=1S/C15H23NO4/c1-3-20-13-7-5-4-6-12(13)8-9-14(18)16-10-15(2,19)11-17/h4-7,17,19H,3,8-11H2,1-2H3,(H,16,18). The average Bonchev–Trinajstić information content (AvgIpc) is 2.44. The van der Waals surface area contributed by atoms with Crippen LogP contribution in [0, 0.1) is 0 Å². The predicted molar refractivity (Wildman–Crippen MR) is 76.7 cm³/mol. The number of ether oxygens (including phenoxy) is 1. The van der Waals surface area contributed by atoms with Crippen molar-refractivity contribution >= 4 is 5.91 Å². The summed E-state index contributed by atoms with van der Waals surface area (Å²) in [6.07, 6.45) is 0.884. The van der Waals surface area contributed by atoms with Gasteiger partial charge < -0.3 is 20.3 Å². The first-order valence-corrected chi connectivity index (χ1v) is 6.79. The van der Waals surface area contributed by atoms with Crippen molar-refractivity contribution in [1.82, 2.24) is 5.32 Å². The molecule has 0 bridgehead atoms. The lowest BCUT2D eigenvalue weighted by Gasteiger charge is -2.20. The van der Waals surface area contributed by atoms with Gasteiger partial charge in [0.05, 0.1) is 13.2 Å². The molecule has 0 spiro atoms. The molecule has 0 heterocycles. The van der Waals surface area contributed by atoms with Crippen molar-refractivity contribution in [3.05, 3.63) is 29.8 Å². The Labute approximate surface area is 119 Å². The van der Waals surface area contributed by atoms with Gasteiger partial charge in [-0.3, -0.25) is 4.79 Å². The Bertz CT molecular complexity index is 432. The van der Waals surface area contributed by atoms with Gasteiger partial charge in [0.2, 0.25) is 5.91 Å². The maximum Gasteiger partial charge on any atom is 0.220 e. The van der Waals surface area contributed by atoms with E-state index in [9.17, 15) is 9.90 Å². The Morgan fingerprint density at radius 2 is 2.10 bits per heavy atom. The van der Waals surface area contributed by atoms with E-state index in [1.165, 1.54) is 6.92 Å². The van der Waals surface area contributed by atoms with Crippen LogP contribution in [0.5, 0.6) is 5.75 Å². The number of nitrogens with one attached hydrogen (secondary N) is 1. The van der Waals surface area contributed by atoms with E-state index in [1.54, 1.807) is 0 Å². The fourth-order valence-corrected chi connectivity index (χ4v) is 1.69. The molecule has 5 nitrogen and oxygen atoms in total. The summed E-state index contributed by atoms with van der Waals surface area (Å²) < 4.78 is 5.50. The molecule has 0 saturated carbocycles. The molecule has 5 heteroatoms. The van der Waals surface area contributed by atoms with Crippen LogP contribution >= 0.6 is 0 Å². The molecular formula is C15H23NO4. The largest absolute Gasteiger partial charge is 0.494 e. The number of para-hydroxylation sites is 1. The van der Waals surface area contributed by atoms with Crippen LogP contribution in [-0.2, 0) is 11.2 Å². The molecule has 1 unspecified atom stereocenters. The van der Waals surface area contributed by atoms with Crippen molar-refractivity contribution in [2.75, 3.05) is 19.8 Å². The summed E-state index contributed by atoms with van der Waals surface area (Å²) in [5, 5.41) is 21.1. The molecule has 1 rings (SSSR count). The van der Waals surface area contributed by atoms with E-state index in [0.29, 0.717) is 19.4 Å². The molecule has 1 aromatic rings. The summed E-state index contributed by atoms with van der Waals surface area (Å²) in [4.78, 5) is 11.7. The SMILES string of the molecule is CCOc1ccccc1CCC(=O)NCC(C)(O)CO. The van der Waals surface area contributed by atoms with E-state index in [-0.39, 0.29) is 19.1 Å². The number of carbonyl (C=O) groups is 1. The molecule has 0 aromatic heterocycles. The topological polar surface area (TPSA) is 78.8 Å². The van der Waals surface area contributed by atoms with Crippen molar-refractivity contribution in [2.24, 2.45) is 0 Å². The molecule has 3 N–H and O–H groups in total. The number of aliphatic hydroxyl groups excluding tert-OH is 1. The molecule has 0 aliphatic rings. The zero-order valence-electron chi connectivity index (χ0n) is 12.1. The van der Waals surface area contributed by atoms with Gasteiger partial charge in [-0.15, -0.1) is 0 Å². The summed E-state index contributed by atoms with van der Waals surface area (Å²) in [5.41, 5.74) is -0.294. The van der Waals surface area contributed by atoms with E-state index >= 15 is 0 Å². The molecular weight excluding hydrogens is 258 g/mol. The molecule has 0 saturated heterocycles. The second-order valence-corrected chi connectivity index (χ2v) is 4.97. The number of amides is 1. The van der Waals surface area contributed by atoms with Gasteiger partial charge >= 0.3 is 0 Å². The highest BCUT2D eigenvalue weighted by Gasteiger charge is 2.19. The highest BCUT2D eigenvalue weighted by atomic mass is 16.5. The van der Waals surface area contributed by atoms with E-state index < -0.39 is 5.60 Å². The monoisotopic (exact) mass is 281 g/mol. The fraction of sp³-hybridized carbons (Fsp3) is 0.533. The second-order valence-electron chi connectivity index (χ2n) is 4.97. The van der Waals surface area contributed by atoms with Crippen LogP contribution < -0.4 is 10.1 Å². The van der Waals surface area contributed by atoms with Gasteiger partial charge in [-0.1, -0.05) is 18.2 Å². The van der Waals surface area contributed by atoms with E-state index in [2.05, 4.69) is 5.32 Å². The minimum Gasteiger partial charge on any atom is -0.494 e. The smallest absolute Gasteiger partial charge is 0.220 e. The van der Waals surface area contributed by atoms with Crippen molar-refractivity contribution < 1.29 is 19.7 Å². The third kappa shape index (κ3) is 5.59. The first kappa shape index (κ1) is 16.5. The maximum atomic E-state index is 11.7. The van der Waals surface area contributed by atoms with Gasteiger partial charge in [-0.2, -0.15) is 0 Å². The number of hydrogen-bond acceptors (Lipinski definition) is 4. The Balaban J connectivity index is 2.45. The molecule has 0 fully saturated rings. The highest BCUT2D eigenvalue weighted by molar-refractivity contribution is 5.76. The zero-order valence-corrected chi connectivity index (χ0v) is 12.1. The third-order valence-electron chi connectivity index (χ3n) is 2.90. The first-order valence-electron chi connectivity index (χ1n) is 6.79. The Morgan fingerprint density at radius 1 is 1.40 bits per heavy atom. The van der Waals surface area contributed by atoms with Crippen LogP contribution in [0.3, 0.4) is 0 Å². The lowest BCUT2D eigenvalue weighted by atomic mass is 10.1. The molecule has 20 heavy (non-hydrogen) atoms. The van der Waals surface area contributed by atoms with Crippen LogP contribution in [0.15, 0.2) is 24.3 Å². The Kier molecular flexibility index (Phi) is 6.48. The number of carbonyl (C=O) groups excluding carboxylic acids is 1. The Hall–Kier alpha value is -1.59. The maximum absolute atomic E-state index is 11.7. The van der Waals surface area contributed by atoms with Crippen LogP contribution in [0.2, 0.25) is 0 Å². The fourth-order valence-electron chi connectivity index (χ4n) is 1.69. The number of benzene rings is 1. The molecule has 1 atom stereocenters. The van der Waals surface area contributed by atoms with Crippen LogP contribution in [0.1, 0.15) is 25.8 Å². The lowest BCUT2D eigenvalue weighted by molar-refractivity contribution is -0.122. The second kappa shape index (κ2) is 7.87. The molecule has 0 aliphatic heterocycles. The van der Waals surface area contributed by atoms with Crippen molar-refractivity contribution in [1.29, 1.82) is 0 Å². The molecule has 112 valence electrons. The summed E-state index contributed by atoms with van der Waals surface area (Å²) in [7, 11) is 0. The third-order valence-corrected chi connectivity index (χ3v) is 2.90. The van der Waals surface area contributed by atoms with Gasteiger partial charge in [0.25, 0.3) is 0 Å². The summed E-state index contributed by atoms with van der Waals surface area (Å²) >= 11 is 0. The summed E-state index contributed by atoms with van der Waals surface area (Å²) in [5.74, 6) is 0.634. The van der Waals surface area contributed by atoms with Gasteiger partial charge in [-0.05, 0) is 31.9 Å². The lowest BCUT2D eigenvalue weighted by Crippen LogP contribution is -2.43. The summed E-state index contributed by atoms with van der Waals surface area (Å²) in [6, 6.07) is 7.62. The molecule has 1 aromatic carbocycles. The van der Waals surface area contributed by atoms with Crippen LogP contribution in [0.25, 0.3) is 0 Å². The number of hydrogen-bond donors (Lipinski definition) is 3. The van der Waals surface area contributed by atoms with Crippen LogP contribution in [0.4, 0.5) is 0 Å². The van der Waals surface area contributed by atoms with Gasteiger partial charge in [0, 0.05) is 13.0 Å². The zero-order chi connectivity index (χ0) is 15.0. The number of rotatable bonds is 8. The summed E-state index contributed by atoms with van der Waals surface area (Å²) in [6.45, 7) is 3.62. The number of aliphatic hydroxyl groups is 2. The van der Waals surface area contributed by atoms with E-state index in [4.69, 9.17) is 9.84 Å². The number of aryl methyl sites for hydroxylation is 1. The van der Waals surface area contributed by atoms with E-state index in [1.807, 2.05) is 31.2 Å². The average molecular weight is 281 g/mol. The van der Waals surface area contributed by atoms with Crippen molar-refractivity contribution in [3.8, 4) is 5.75 Å². The van der Waals surface area contributed by atoms with Crippen molar-refractivity contribution in [2.45, 2.75) is 32.3 Å². The minimum absolute atomic E-state index is 0.0371.